The van der Waals surface area contributed by atoms with Gasteiger partial charge in [0.1, 0.15) is 9.75 Å². The Bertz CT molecular complexity index is 679. The van der Waals surface area contributed by atoms with Crippen LogP contribution in [0.2, 0.25) is 0 Å². The van der Waals surface area contributed by atoms with Crippen molar-refractivity contribution in [2.24, 2.45) is 0 Å². The summed E-state index contributed by atoms with van der Waals surface area (Å²) in [5.41, 5.74) is 0. The van der Waals surface area contributed by atoms with E-state index in [1.54, 1.807) is 35.0 Å². The van der Waals surface area contributed by atoms with Crippen LogP contribution in [0.4, 0.5) is 0 Å². The topological polar surface area (TPSA) is 111 Å². The Labute approximate surface area is 157 Å². The molecular weight excluding hydrogens is 380 g/mol. The van der Waals surface area contributed by atoms with E-state index in [4.69, 9.17) is 9.47 Å². The maximum absolute atomic E-state index is 11.6. The van der Waals surface area contributed by atoms with Gasteiger partial charge in [-0.1, -0.05) is 12.1 Å². The zero-order valence-electron chi connectivity index (χ0n) is 13.6. The van der Waals surface area contributed by atoms with Crippen LogP contribution in [0.3, 0.4) is 0 Å². The molecule has 0 atom stereocenters. The number of hydrogen-bond acceptors (Lipinski definition) is 8. The van der Waals surface area contributed by atoms with Gasteiger partial charge in [-0.2, -0.15) is 0 Å². The Hall–Kier alpha value is -2.72. The highest BCUT2D eigenvalue weighted by Crippen LogP contribution is 2.10. The van der Waals surface area contributed by atoms with Crippen molar-refractivity contribution in [2.75, 3.05) is 26.3 Å². The van der Waals surface area contributed by atoms with Crippen LogP contribution in [0.5, 0.6) is 0 Å². The van der Waals surface area contributed by atoms with Crippen LogP contribution < -0.4 is 10.6 Å². The van der Waals surface area contributed by atoms with Gasteiger partial charge in [0.2, 0.25) is 0 Å². The van der Waals surface area contributed by atoms with Gasteiger partial charge >= 0.3 is 11.9 Å². The number of nitrogens with one attached hydrogen (secondary N) is 2. The summed E-state index contributed by atoms with van der Waals surface area (Å²) < 4.78 is 9.68. The summed E-state index contributed by atoms with van der Waals surface area (Å²) in [4.78, 5) is 47.0. The van der Waals surface area contributed by atoms with E-state index in [9.17, 15) is 19.2 Å². The first-order valence-electron chi connectivity index (χ1n) is 7.51. The highest BCUT2D eigenvalue weighted by molar-refractivity contribution is 7.12. The Kier molecular flexibility index (Phi) is 7.77. The molecule has 2 rings (SSSR count). The summed E-state index contributed by atoms with van der Waals surface area (Å²) in [6.07, 6.45) is 0. The molecular formula is C16H16N2O6S2. The summed E-state index contributed by atoms with van der Waals surface area (Å²) in [5.74, 6) is -2.08. The van der Waals surface area contributed by atoms with Gasteiger partial charge < -0.3 is 20.1 Å². The molecule has 2 N–H and O–H groups in total. The molecule has 0 fully saturated rings. The Balaban J connectivity index is 1.52. The molecule has 0 aliphatic carbocycles. The smallest absolute Gasteiger partial charge is 0.348 e. The van der Waals surface area contributed by atoms with Crippen LogP contribution in [0, 0.1) is 0 Å². The van der Waals surface area contributed by atoms with Gasteiger partial charge in [0.05, 0.1) is 0 Å². The molecule has 0 saturated carbocycles. The summed E-state index contributed by atoms with van der Waals surface area (Å²) >= 11 is 2.45. The van der Waals surface area contributed by atoms with Crippen molar-refractivity contribution in [3.05, 3.63) is 44.8 Å². The lowest BCUT2D eigenvalue weighted by molar-refractivity contribution is -0.125. The second-order valence-corrected chi connectivity index (χ2v) is 6.70. The molecule has 0 aliphatic rings. The quantitative estimate of drug-likeness (QED) is 0.484. The lowest BCUT2D eigenvalue weighted by Gasteiger charge is -2.08. The van der Waals surface area contributed by atoms with Crippen molar-refractivity contribution >= 4 is 46.4 Å². The van der Waals surface area contributed by atoms with Crippen LogP contribution in [0.25, 0.3) is 0 Å². The van der Waals surface area contributed by atoms with Gasteiger partial charge in [-0.3, -0.25) is 9.59 Å². The minimum atomic E-state index is -0.559. The zero-order valence-corrected chi connectivity index (χ0v) is 15.2. The van der Waals surface area contributed by atoms with E-state index in [1.165, 1.54) is 22.7 Å². The molecule has 2 heterocycles. The molecule has 0 radical (unpaired) electrons. The van der Waals surface area contributed by atoms with Crippen molar-refractivity contribution in [1.82, 2.24) is 10.6 Å². The molecule has 2 aromatic rings. The maximum atomic E-state index is 11.6. The Morgan fingerprint density at radius 2 is 1.19 bits per heavy atom. The van der Waals surface area contributed by atoms with Crippen molar-refractivity contribution in [3.63, 3.8) is 0 Å². The third-order valence-electron chi connectivity index (χ3n) is 2.88. The van der Waals surface area contributed by atoms with Gasteiger partial charge in [-0.05, 0) is 22.9 Å². The third-order valence-corrected chi connectivity index (χ3v) is 4.58. The highest BCUT2D eigenvalue weighted by Gasteiger charge is 2.12. The zero-order chi connectivity index (χ0) is 18.8. The van der Waals surface area contributed by atoms with E-state index >= 15 is 0 Å². The number of ether oxygens (including phenoxy) is 2. The van der Waals surface area contributed by atoms with E-state index < -0.39 is 37.0 Å². The van der Waals surface area contributed by atoms with E-state index in [0.29, 0.717) is 9.75 Å². The van der Waals surface area contributed by atoms with Crippen LogP contribution >= 0.6 is 22.7 Å². The third kappa shape index (κ3) is 6.65. The molecule has 0 unspecified atom stereocenters. The highest BCUT2D eigenvalue weighted by atomic mass is 32.1. The molecule has 10 heteroatoms. The minimum absolute atomic E-state index is 0.153. The molecule has 26 heavy (non-hydrogen) atoms. The summed E-state index contributed by atoms with van der Waals surface area (Å²) in [5, 5.41) is 8.45. The lowest BCUT2D eigenvalue weighted by atomic mass is 10.5. The Morgan fingerprint density at radius 1 is 0.769 bits per heavy atom. The van der Waals surface area contributed by atoms with Crippen LogP contribution in [-0.4, -0.2) is 50.1 Å². The molecule has 2 aromatic heterocycles. The first-order valence-corrected chi connectivity index (χ1v) is 9.27. The second-order valence-electron chi connectivity index (χ2n) is 4.81. The fourth-order valence-electron chi connectivity index (χ4n) is 1.70. The van der Waals surface area contributed by atoms with Crippen molar-refractivity contribution in [2.45, 2.75) is 0 Å². The molecule has 0 spiro atoms. The predicted octanol–water partition coefficient (Wildman–Crippen LogP) is 1.06. The van der Waals surface area contributed by atoms with Gasteiger partial charge in [0.15, 0.2) is 13.2 Å². The van der Waals surface area contributed by atoms with Gasteiger partial charge in [0.25, 0.3) is 11.8 Å². The van der Waals surface area contributed by atoms with E-state index in [-0.39, 0.29) is 13.1 Å². The first-order chi connectivity index (χ1) is 12.6. The average Bonchev–Trinajstić information content (AvgIpc) is 3.34. The fourth-order valence-corrected chi connectivity index (χ4v) is 2.93. The standard InChI is InChI=1S/C16H16N2O6S2/c19-13(9-23-15(21)11-3-1-7-25-11)17-5-6-18-14(20)10-24-16(22)12-4-2-8-26-12/h1-4,7-8H,5-6,9-10H2,(H,17,19)(H,18,20). The number of amides is 2. The summed E-state index contributed by atoms with van der Waals surface area (Å²) in [6.45, 7) is -0.494. The minimum Gasteiger partial charge on any atom is -0.451 e. The molecule has 0 bridgehead atoms. The summed E-state index contributed by atoms with van der Waals surface area (Å²) in [6, 6.07) is 6.63. The van der Waals surface area contributed by atoms with Gasteiger partial charge in [0, 0.05) is 13.1 Å². The first kappa shape index (κ1) is 19.6. The molecule has 138 valence electrons. The van der Waals surface area contributed by atoms with Crippen molar-refractivity contribution in [1.29, 1.82) is 0 Å². The van der Waals surface area contributed by atoms with Gasteiger partial charge in [-0.15, -0.1) is 22.7 Å². The predicted molar refractivity (Wildman–Crippen MR) is 95.2 cm³/mol. The van der Waals surface area contributed by atoms with E-state index in [2.05, 4.69) is 10.6 Å². The van der Waals surface area contributed by atoms with Crippen LogP contribution in [0.15, 0.2) is 35.0 Å². The molecule has 2 amide bonds. The number of thiophene rings is 2. The lowest BCUT2D eigenvalue weighted by Crippen LogP contribution is -2.38. The van der Waals surface area contributed by atoms with Crippen LogP contribution in [-0.2, 0) is 19.1 Å². The second kappa shape index (κ2) is 10.3. The number of carbonyl (C=O) groups excluding carboxylic acids is 4. The molecule has 0 aliphatic heterocycles. The monoisotopic (exact) mass is 396 g/mol. The molecule has 8 nitrogen and oxygen atoms in total. The van der Waals surface area contributed by atoms with Crippen molar-refractivity contribution in [3.8, 4) is 0 Å². The molecule has 0 saturated heterocycles. The SMILES string of the molecule is O=C(COC(=O)c1cccs1)NCCNC(=O)COC(=O)c1cccs1. The number of hydrogen-bond donors (Lipinski definition) is 2. The largest absolute Gasteiger partial charge is 0.451 e. The van der Waals surface area contributed by atoms with E-state index in [1.807, 2.05) is 0 Å². The van der Waals surface area contributed by atoms with Crippen molar-refractivity contribution < 1.29 is 28.7 Å². The normalized spacial score (nSPS) is 10.0. The molecule has 0 aromatic carbocycles. The number of carbonyl (C=O) groups is 4. The van der Waals surface area contributed by atoms with Crippen LogP contribution in [0.1, 0.15) is 19.3 Å². The van der Waals surface area contributed by atoms with E-state index in [0.717, 1.165) is 0 Å². The average molecular weight is 396 g/mol. The Morgan fingerprint density at radius 3 is 1.54 bits per heavy atom. The number of esters is 2. The van der Waals surface area contributed by atoms with Gasteiger partial charge in [-0.25, -0.2) is 9.59 Å². The fraction of sp³-hybridized carbons (Fsp3) is 0.250. The summed E-state index contributed by atoms with van der Waals surface area (Å²) in [7, 11) is 0. The maximum Gasteiger partial charge on any atom is 0.348 e. The number of rotatable bonds is 9.